The van der Waals surface area contributed by atoms with E-state index in [2.05, 4.69) is 0 Å². The fraction of sp³-hybridized carbons (Fsp3) is 0.111. The van der Waals surface area contributed by atoms with Gasteiger partial charge in [-0.1, -0.05) is 18.2 Å². The molecule has 2 aromatic rings. The molecule has 5 nitrogen and oxygen atoms in total. The number of amides is 2. The number of alkyl halides is 3. The van der Waals surface area contributed by atoms with E-state index >= 15 is 0 Å². The molecule has 0 aromatic heterocycles. The molecule has 0 fully saturated rings. The molecule has 0 atom stereocenters. The van der Waals surface area contributed by atoms with Crippen LogP contribution in [0.4, 0.5) is 18.9 Å². The van der Waals surface area contributed by atoms with Crippen molar-refractivity contribution in [1.29, 1.82) is 0 Å². The standard InChI is InChI=1S/C18H12F3NO4/c1-26-13-7-5-10(6-8-13)14-15(23)17(25)22(16(14)24)12-4-2-3-11(9-12)18(19,20)21/h2-9,23H,1H3. The second kappa shape index (κ2) is 6.21. The Morgan fingerprint density at radius 2 is 1.65 bits per heavy atom. The molecule has 0 saturated carbocycles. The summed E-state index contributed by atoms with van der Waals surface area (Å²) in [6.07, 6.45) is -4.63. The minimum Gasteiger partial charge on any atom is -0.502 e. The van der Waals surface area contributed by atoms with Gasteiger partial charge in [-0.05, 0) is 35.9 Å². The van der Waals surface area contributed by atoms with E-state index in [0.29, 0.717) is 16.7 Å². The van der Waals surface area contributed by atoms with Crippen LogP contribution in [0.3, 0.4) is 0 Å². The van der Waals surface area contributed by atoms with Crippen LogP contribution in [0.2, 0.25) is 0 Å². The van der Waals surface area contributed by atoms with Crippen LogP contribution in [-0.2, 0) is 15.8 Å². The molecule has 0 radical (unpaired) electrons. The number of aliphatic hydroxyl groups excluding tert-OH is 1. The van der Waals surface area contributed by atoms with Crippen molar-refractivity contribution >= 4 is 23.1 Å². The summed E-state index contributed by atoms with van der Waals surface area (Å²) in [7, 11) is 1.45. The van der Waals surface area contributed by atoms with Gasteiger partial charge in [-0.3, -0.25) is 9.59 Å². The number of hydrogen-bond donors (Lipinski definition) is 1. The number of methoxy groups -OCH3 is 1. The molecule has 0 bridgehead atoms. The van der Waals surface area contributed by atoms with Gasteiger partial charge in [-0.15, -0.1) is 0 Å². The Hall–Kier alpha value is -3.29. The van der Waals surface area contributed by atoms with Crippen LogP contribution in [0.1, 0.15) is 11.1 Å². The maximum absolute atomic E-state index is 12.9. The summed E-state index contributed by atoms with van der Waals surface area (Å²) in [4.78, 5) is 25.4. The van der Waals surface area contributed by atoms with Crippen LogP contribution < -0.4 is 9.64 Å². The molecule has 8 heteroatoms. The Balaban J connectivity index is 2.01. The average molecular weight is 363 g/mol. The third kappa shape index (κ3) is 2.90. The monoisotopic (exact) mass is 363 g/mol. The average Bonchev–Trinajstić information content (AvgIpc) is 2.84. The van der Waals surface area contributed by atoms with Crippen molar-refractivity contribution in [2.45, 2.75) is 6.18 Å². The summed E-state index contributed by atoms with van der Waals surface area (Å²) in [5.74, 6) is -2.31. The lowest BCUT2D eigenvalue weighted by Crippen LogP contribution is -2.31. The van der Waals surface area contributed by atoms with E-state index in [1.54, 1.807) is 0 Å². The lowest BCUT2D eigenvalue weighted by Gasteiger charge is -2.16. The number of nitrogens with zero attached hydrogens (tertiary/aromatic N) is 1. The Kier molecular flexibility index (Phi) is 4.19. The number of carbonyl (C=O) groups excluding carboxylic acids is 2. The lowest BCUT2D eigenvalue weighted by atomic mass is 10.1. The molecule has 1 heterocycles. The topological polar surface area (TPSA) is 66.8 Å². The van der Waals surface area contributed by atoms with Crippen LogP contribution in [0.5, 0.6) is 5.75 Å². The first kappa shape index (κ1) is 17.5. The van der Waals surface area contributed by atoms with E-state index in [-0.39, 0.29) is 16.8 Å². The summed E-state index contributed by atoms with van der Waals surface area (Å²) in [6.45, 7) is 0. The van der Waals surface area contributed by atoms with Crippen molar-refractivity contribution in [2.75, 3.05) is 12.0 Å². The zero-order valence-electron chi connectivity index (χ0n) is 13.4. The first-order valence-corrected chi connectivity index (χ1v) is 7.37. The van der Waals surface area contributed by atoms with Gasteiger partial charge >= 0.3 is 12.1 Å². The van der Waals surface area contributed by atoms with Crippen molar-refractivity contribution in [3.05, 3.63) is 65.4 Å². The number of hydrogen-bond acceptors (Lipinski definition) is 4. The molecule has 1 aliphatic heterocycles. The van der Waals surface area contributed by atoms with E-state index in [1.165, 1.54) is 37.4 Å². The zero-order chi connectivity index (χ0) is 19.1. The highest BCUT2D eigenvalue weighted by molar-refractivity contribution is 6.44. The minimum absolute atomic E-state index is 0.246. The molecule has 0 spiro atoms. The number of carbonyl (C=O) groups is 2. The predicted molar refractivity (Wildman–Crippen MR) is 86.5 cm³/mol. The molecule has 2 aromatic carbocycles. The Bertz CT molecular complexity index is 917. The maximum Gasteiger partial charge on any atom is 0.416 e. The Labute approximate surface area is 145 Å². The van der Waals surface area contributed by atoms with Crippen LogP contribution in [0, 0.1) is 0 Å². The molecule has 1 N–H and O–H groups in total. The van der Waals surface area contributed by atoms with Crippen molar-refractivity contribution < 1.29 is 32.6 Å². The molecule has 3 rings (SSSR count). The Morgan fingerprint density at radius 1 is 1.00 bits per heavy atom. The summed E-state index contributed by atoms with van der Waals surface area (Å²) < 4.78 is 43.6. The molecule has 134 valence electrons. The third-order valence-corrected chi connectivity index (χ3v) is 3.87. The normalized spacial score (nSPS) is 15.0. The molecule has 26 heavy (non-hydrogen) atoms. The molecule has 0 aliphatic carbocycles. The summed E-state index contributed by atoms with van der Waals surface area (Å²) >= 11 is 0. The zero-order valence-corrected chi connectivity index (χ0v) is 13.4. The van der Waals surface area contributed by atoms with Crippen molar-refractivity contribution in [3.8, 4) is 5.75 Å². The van der Waals surface area contributed by atoms with E-state index in [0.717, 1.165) is 12.1 Å². The van der Waals surface area contributed by atoms with Gasteiger partial charge in [0.25, 0.3) is 5.91 Å². The van der Waals surface area contributed by atoms with Crippen LogP contribution in [-0.4, -0.2) is 24.0 Å². The quantitative estimate of drug-likeness (QED) is 0.847. The number of anilines is 1. The second-order valence-electron chi connectivity index (χ2n) is 5.45. The summed E-state index contributed by atoms with van der Waals surface area (Å²) in [5.41, 5.74) is -1.32. The lowest BCUT2D eigenvalue weighted by molar-refractivity contribution is -0.137. The molecular formula is C18H12F3NO4. The van der Waals surface area contributed by atoms with Gasteiger partial charge in [-0.25, -0.2) is 4.90 Å². The first-order chi connectivity index (χ1) is 12.2. The van der Waals surface area contributed by atoms with Crippen LogP contribution in [0.25, 0.3) is 5.57 Å². The molecule has 2 amide bonds. The predicted octanol–water partition coefficient (Wildman–Crippen LogP) is 3.56. The van der Waals surface area contributed by atoms with Crippen molar-refractivity contribution in [1.82, 2.24) is 0 Å². The number of aliphatic hydroxyl groups is 1. The first-order valence-electron chi connectivity index (χ1n) is 7.37. The molecular weight excluding hydrogens is 351 g/mol. The van der Waals surface area contributed by atoms with Crippen molar-refractivity contribution in [3.63, 3.8) is 0 Å². The number of halogens is 3. The van der Waals surface area contributed by atoms with Crippen molar-refractivity contribution in [2.24, 2.45) is 0 Å². The van der Waals surface area contributed by atoms with Gasteiger partial charge in [-0.2, -0.15) is 13.2 Å². The third-order valence-electron chi connectivity index (χ3n) is 3.87. The molecule has 0 unspecified atom stereocenters. The highest BCUT2D eigenvalue weighted by atomic mass is 19.4. The minimum atomic E-state index is -4.63. The number of imide groups is 1. The van der Waals surface area contributed by atoms with E-state index in [9.17, 15) is 27.9 Å². The SMILES string of the molecule is COc1ccc(C2=C(O)C(=O)N(c3cccc(C(F)(F)F)c3)C2=O)cc1. The summed E-state index contributed by atoms with van der Waals surface area (Å²) in [6, 6.07) is 9.76. The highest BCUT2D eigenvalue weighted by Gasteiger charge is 2.41. The maximum atomic E-state index is 12.9. The number of benzene rings is 2. The van der Waals surface area contributed by atoms with E-state index in [4.69, 9.17) is 4.74 Å². The van der Waals surface area contributed by atoms with Gasteiger partial charge < -0.3 is 9.84 Å². The largest absolute Gasteiger partial charge is 0.502 e. The van der Waals surface area contributed by atoms with Gasteiger partial charge in [0.1, 0.15) is 5.75 Å². The molecule has 1 aliphatic rings. The summed E-state index contributed by atoms with van der Waals surface area (Å²) in [5, 5.41) is 10.1. The number of ether oxygens (including phenoxy) is 1. The van der Waals surface area contributed by atoms with Gasteiger partial charge in [0.2, 0.25) is 0 Å². The van der Waals surface area contributed by atoms with Crippen LogP contribution >= 0.6 is 0 Å². The van der Waals surface area contributed by atoms with Crippen LogP contribution in [0.15, 0.2) is 54.3 Å². The smallest absolute Gasteiger partial charge is 0.416 e. The highest BCUT2D eigenvalue weighted by Crippen LogP contribution is 2.36. The van der Waals surface area contributed by atoms with Gasteiger partial charge in [0.05, 0.1) is 23.9 Å². The number of rotatable bonds is 3. The molecule has 0 saturated heterocycles. The van der Waals surface area contributed by atoms with Gasteiger partial charge in [0, 0.05) is 0 Å². The fourth-order valence-corrected chi connectivity index (χ4v) is 2.59. The fourth-order valence-electron chi connectivity index (χ4n) is 2.59. The van der Waals surface area contributed by atoms with E-state index in [1.807, 2.05) is 0 Å². The Morgan fingerprint density at radius 3 is 2.23 bits per heavy atom. The van der Waals surface area contributed by atoms with E-state index < -0.39 is 29.3 Å². The van der Waals surface area contributed by atoms with Gasteiger partial charge in [0.15, 0.2) is 5.76 Å². The second-order valence-corrected chi connectivity index (χ2v) is 5.45.